The Morgan fingerprint density at radius 1 is 1.33 bits per heavy atom. The van der Waals surface area contributed by atoms with E-state index in [2.05, 4.69) is 0 Å². The molecule has 0 unspecified atom stereocenters. The molecule has 0 heterocycles. The van der Waals surface area contributed by atoms with Gasteiger partial charge < -0.3 is 14.7 Å². The molecule has 3 nitrogen and oxygen atoms in total. The maximum Gasteiger partial charge on any atom is 1.00 e. The van der Waals surface area contributed by atoms with Crippen molar-refractivity contribution in [2.45, 2.75) is 19.8 Å². The van der Waals surface area contributed by atoms with E-state index in [-0.39, 0.29) is 87.5 Å². The summed E-state index contributed by atoms with van der Waals surface area (Å²) in [5.74, 6) is -1.28. The van der Waals surface area contributed by atoms with E-state index in [0.29, 0.717) is 0 Å². The molecule has 0 rings (SSSR count). The molecule has 0 N–H and O–H groups in total. The summed E-state index contributed by atoms with van der Waals surface area (Å²) in [6.07, 6.45) is -0.0718. The van der Waals surface area contributed by atoms with Crippen LogP contribution in [0.5, 0.6) is 0 Å². The van der Waals surface area contributed by atoms with Crippen LogP contribution in [0, 0.1) is 0 Å². The third-order valence-electron chi connectivity index (χ3n) is 0.681. The number of aliphatic carboxylic acids is 1. The second kappa shape index (κ2) is 7.30. The van der Waals surface area contributed by atoms with Gasteiger partial charge in [0.15, 0.2) is 0 Å². The Labute approximate surface area is 113 Å². The van der Waals surface area contributed by atoms with Crippen LogP contribution in [0.1, 0.15) is 19.8 Å². The van der Waals surface area contributed by atoms with Gasteiger partial charge in [0, 0.05) is 12.4 Å². The van der Waals surface area contributed by atoms with Gasteiger partial charge in [-0.1, -0.05) is 0 Å². The van der Waals surface area contributed by atoms with E-state index < -0.39 is 5.97 Å². The topological polar surface area (TPSA) is 57.2 Å². The summed E-state index contributed by atoms with van der Waals surface area (Å²) in [4.78, 5) is 19.7. The van der Waals surface area contributed by atoms with Crippen LogP contribution in [0.15, 0.2) is 0 Å². The average Bonchev–Trinajstić information content (AvgIpc) is 1.61. The van der Waals surface area contributed by atoms with Crippen molar-refractivity contribution in [2.24, 2.45) is 0 Å². The Bertz CT molecular complexity index is 96.8. The Hall–Kier alpha value is 1.19. The summed E-state index contributed by atoms with van der Waals surface area (Å²) in [6, 6.07) is 0. The number of Topliss-reactive ketones (excluding diaryl/α,β-unsaturated/α-hetero) is 1. The maximum absolute atomic E-state index is 10.1. The molecular weight excluding hydrogens is 241 g/mol. The van der Waals surface area contributed by atoms with Crippen molar-refractivity contribution in [1.82, 2.24) is 0 Å². The standard InChI is InChI=1S/C5H8O3.Cs/c1-4(6)2-3-5(7)8;/h2-3H2,1H3,(H,7,8);/q;+1/p-1. The Kier molecular flexibility index (Phi) is 10.4. The van der Waals surface area contributed by atoms with Crippen LogP contribution in [0.25, 0.3) is 0 Å². The molecule has 0 atom stereocenters. The van der Waals surface area contributed by atoms with E-state index in [1.807, 2.05) is 0 Å². The third-order valence-corrected chi connectivity index (χ3v) is 0.681. The number of rotatable bonds is 3. The number of ketones is 1. The molecule has 0 radical (unpaired) electrons. The van der Waals surface area contributed by atoms with E-state index in [1.54, 1.807) is 0 Å². The van der Waals surface area contributed by atoms with Crippen molar-refractivity contribution >= 4 is 11.8 Å². The molecule has 0 fully saturated rings. The summed E-state index contributed by atoms with van der Waals surface area (Å²) in [5.41, 5.74) is 0. The zero-order valence-electron chi connectivity index (χ0n) is 5.64. The van der Waals surface area contributed by atoms with E-state index in [1.165, 1.54) is 6.92 Å². The van der Waals surface area contributed by atoms with Crippen molar-refractivity contribution in [3.63, 3.8) is 0 Å². The molecule has 0 spiro atoms. The van der Waals surface area contributed by atoms with Gasteiger partial charge in [-0.15, -0.1) is 0 Å². The van der Waals surface area contributed by atoms with E-state index >= 15 is 0 Å². The van der Waals surface area contributed by atoms with Crippen LogP contribution < -0.4 is 74.0 Å². The Morgan fingerprint density at radius 2 is 1.78 bits per heavy atom. The fraction of sp³-hybridized carbons (Fsp3) is 0.600. The first-order valence-electron chi connectivity index (χ1n) is 2.32. The van der Waals surface area contributed by atoms with Gasteiger partial charge >= 0.3 is 68.9 Å². The van der Waals surface area contributed by atoms with Crippen molar-refractivity contribution in [2.75, 3.05) is 0 Å². The van der Waals surface area contributed by atoms with E-state index in [0.717, 1.165) is 0 Å². The molecule has 0 aliphatic carbocycles. The molecule has 46 valence electrons. The summed E-state index contributed by atoms with van der Waals surface area (Å²) < 4.78 is 0. The molecule has 9 heavy (non-hydrogen) atoms. The molecule has 4 heteroatoms. The summed E-state index contributed by atoms with van der Waals surface area (Å²) >= 11 is 0. The van der Waals surface area contributed by atoms with Crippen LogP contribution >= 0.6 is 0 Å². The van der Waals surface area contributed by atoms with Gasteiger partial charge in [-0.3, -0.25) is 0 Å². The number of carbonyl (C=O) groups excluding carboxylic acids is 2. The van der Waals surface area contributed by atoms with Crippen molar-refractivity contribution < 1.29 is 83.6 Å². The predicted octanol–water partition coefficient (Wildman–Crippen LogP) is -3.89. The minimum absolute atomic E-state index is 0. The largest absolute Gasteiger partial charge is 1.00 e. The Morgan fingerprint density at radius 3 is 1.89 bits per heavy atom. The SMILES string of the molecule is CC(=O)CCC(=O)[O-].[Cs+]. The second-order valence-corrected chi connectivity index (χ2v) is 1.57. The normalized spacial score (nSPS) is 7.67. The van der Waals surface area contributed by atoms with Gasteiger partial charge in [-0.2, -0.15) is 0 Å². The predicted molar refractivity (Wildman–Crippen MR) is 24.9 cm³/mol. The second-order valence-electron chi connectivity index (χ2n) is 1.57. The average molecular weight is 248 g/mol. The first-order chi connectivity index (χ1) is 3.63. The van der Waals surface area contributed by atoms with Gasteiger partial charge in [0.1, 0.15) is 5.78 Å². The number of carboxylic acids is 1. The molecule has 0 aromatic carbocycles. The molecule has 0 bridgehead atoms. The van der Waals surface area contributed by atoms with Gasteiger partial charge in [0.25, 0.3) is 0 Å². The maximum atomic E-state index is 10.1. The molecule has 0 aromatic heterocycles. The quantitative estimate of drug-likeness (QED) is 0.513. The monoisotopic (exact) mass is 248 g/mol. The van der Waals surface area contributed by atoms with Gasteiger partial charge in [0.2, 0.25) is 0 Å². The first kappa shape index (κ1) is 12.8. The molecular formula is C5H7CsO3. The number of hydrogen-bond acceptors (Lipinski definition) is 3. The van der Waals surface area contributed by atoms with Crippen molar-refractivity contribution in [1.29, 1.82) is 0 Å². The molecule has 0 aliphatic rings. The fourth-order valence-electron chi connectivity index (χ4n) is 0.278. The Balaban J connectivity index is 0. The molecule has 0 saturated heterocycles. The molecule has 0 aromatic rings. The van der Waals surface area contributed by atoms with Crippen LogP contribution in [0.4, 0.5) is 0 Å². The summed E-state index contributed by atoms with van der Waals surface area (Å²) in [6.45, 7) is 1.35. The minimum atomic E-state index is -1.17. The third kappa shape index (κ3) is 12.4. The van der Waals surface area contributed by atoms with Gasteiger partial charge in [0.05, 0.1) is 0 Å². The van der Waals surface area contributed by atoms with Crippen molar-refractivity contribution in [3.8, 4) is 0 Å². The van der Waals surface area contributed by atoms with Gasteiger partial charge in [-0.05, 0) is 13.3 Å². The van der Waals surface area contributed by atoms with Crippen molar-refractivity contribution in [3.05, 3.63) is 0 Å². The summed E-state index contributed by atoms with van der Waals surface area (Å²) in [5, 5.41) is 9.64. The van der Waals surface area contributed by atoms with E-state index in [4.69, 9.17) is 0 Å². The van der Waals surface area contributed by atoms with E-state index in [9.17, 15) is 14.7 Å². The van der Waals surface area contributed by atoms with Crippen LogP contribution in [-0.4, -0.2) is 11.8 Å². The molecule has 0 amide bonds. The molecule has 0 aliphatic heterocycles. The van der Waals surface area contributed by atoms with Crippen LogP contribution in [0.2, 0.25) is 0 Å². The zero-order valence-corrected chi connectivity index (χ0v) is 11.9. The summed E-state index contributed by atoms with van der Waals surface area (Å²) in [7, 11) is 0. The molecule has 0 saturated carbocycles. The van der Waals surface area contributed by atoms with Gasteiger partial charge in [-0.25, -0.2) is 0 Å². The number of carbonyl (C=O) groups is 2. The zero-order chi connectivity index (χ0) is 6.57. The first-order valence-corrected chi connectivity index (χ1v) is 2.32. The minimum Gasteiger partial charge on any atom is -0.550 e. The fourth-order valence-corrected chi connectivity index (χ4v) is 0.278. The van der Waals surface area contributed by atoms with Crippen LogP contribution in [-0.2, 0) is 9.59 Å². The smallest absolute Gasteiger partial charge is 0.550 e. The number of hydrogen-bond donors (Lipinski definition) is 0. The number of carboxylic acid groups (broad SMARTS) is 1. The van der Waals surface area contributed by atoms with Crippen LogP contribution in [0.3, 0.4) is 0 Å².